The number of hydrogen-bond donors (Lipinski definition) is 0. The van der Waals surface area contributed by atoms with E-state index in [0.717, 1.165) is 0 Å². The van der Waals surface area contributed by atoms with Crippen molar-refractivity contribution in [2.75, 3.05) is 6.26 Å². The quantitative estimate of drug-likeness (QED) is 0.485. The first kappa shape index (κ1) is 9.34. The minimum absolute atomic E-state index is 0.408. The second-order valence-corrected chi connectivity index (χ2v) is 3.14. The van der Waals surface area contributed by atoms with Crippen LogP contribution in [-0.2, 0) is 4.79 Å². The van der Waals surface area contributed by atoms with Crippen LogP contribution in [0.25, 0.3) is 0 Å². The highest BCUT2D eigenvalue weighted by atomic mass is 35.5. The molecule has 0 bridgehead atoms. The van der Waals surface area contributed by atoms with E-state index in [1.807, 2.05) is 0 Å². The maximum absolute atomic E-state index is 10.4. The van der Waals surface area contributed by atoms with Crippen LogP contribution in [0, 0.1) is 0 Å². The van der Waals surface area contributed by atoms with Crippen LogP contribution in [0.15, 0.2) is 9.94 Å². The van der Waals surface area contributed by atoms with E-state index in [-0.39, 0.29) is 0 Å². The van der Waals surface area contributed by atoms with Crippen molar-refractivity contribution in [1.29, 1.82) is 0 Å². The van der Waals surface area contributed by atoms with Crippen molar-refractivity contribution in [3.8, 4) is 0 Å². The minimum atomic E-state index is -0.491. The van der Waals surface area contributed by atoms with Crippen molar-refractivity contribution in [2.24, 2.45) is 0 Å². The Morgan fingerprint density at radius 3 is 2.00 bits per heavy atom. The predicted octanol–water partition coefficient (Wildman–Crippen LogP) is 2.59. The fourth-order valence-electron chi connectivity index (χ4n) is 0.230. The third-order valence-corrected chi connectivity index (χ3v) is 2.46. The molecule has 0 aliphatic heterocycles. The zero-order valence-corrected chi connectivity index (χ0v) is 7.40. The minimum Gasteiger partial charge on any atom is -0.276 e. The second kappa shape index (κ2) is 4.20. The zero-order valence-electron chi connectivity index (χ0n) is 5.07. The fraction of sp³-hybridized carbons (Fsp3) is 0.400. The van der Waals surface area contributed by atoms with E-state index >= 15 is 0 Å². The lowest BCUT2D eigenvalue weighted by Gasteiger charge is -1.93. The molecule has 0 aromatic rings. The van der Waals surface area contributed by atoms with E-state index in [0.29, 0.717) is 9.94 Å². The van der Waals surface area contributed by atoms with Crippen molar-refractivity contribution in [3.63, 3.8) is 0 Å². The van der Waals surface area contributed by atoms with Gasteiger partial charge in [0.05, 0.1) is 4.36 Å². The molecule has 0 spiro atoms. The number of carbonyl (C=O) groups excluding carboxylic acids is 1. The van der Waals surface area contributed by atoms with Gasteiger partial charge in [0.2, 0.25) is 5.24 Å². The highest BCUT2D eigenvalue weighted by molar-refractivity contribution is 8.03. The molecule has 0 unspecified atom stereocenters. The van der Waals surface area contributed by atoms with Gasteiger partial charge in [0.1, 0.15) is 0 Å². The summed E-state index contributed by atoms with van der Waals surface area (Å²) < 4.78 is 0.454. The lowest BCUT2D eigenvalue weighted by atomic mass is 10.4. The number of allylic oxidation sites excluding steroid dienone is 1. The molecule has 0 heterocycles. The molecular formula is C5H6Cl2OS. The molecule has 0 saturated heterocycles. The Morgan fingerprint density at radius 2 is 1.89 bits per heavy atom. The molecule has 52 valence electrons. The van der Waals surface area contributed by atoms with Crippen molar-refractivity contribution >= 4 is 40.2 Å². The Morgan fingerprint density at radius 1 is 1.44 bits per heavy atom. The van der Waals surface area contributed by atoms with Crippen molar-refractivity contribution < 1.29 is 4.79 Å². The number of rotatable bonds is 2. The summed E-state index contributed by atoms with van der Waals surface area (Å²) in [4.78, 5) is 10.4. The molecule has 0 saturated carbocycles. The van der Waals surface area contributed by atoms with Gasteiger partial charge < -0.3 is 0 Å². The van der Waals surface area contributed by atoms with Crippen LogP contribution in [0.5, 0.6) is 0 Å². The van der Waals surface area contributed by atoms with Gasteiger partial charge in [-0.25, -0.2) is 0 Å². The summed E-state index contributed by atoms with van der Waals surface area (Å²) in [6.07, 6.45) is 1.78. The summed E-state index contributed by atoms with van der Waals surface area (Å²) in [5, 5.41) is -0.491. The third kappa shape index (κ3) is 3.14. The molecule has 0 aromatic carbocycles. The average molecular weight is 185 g/mol. The Bertz CT molecular complexity index is 153. The maximum atomic E-state index is 10.4. The number of carbonyl (C=O) groups is 1. The largest absolute Gasteiger partial charge is 0.276 e. The molecule has 0 N–H and O–H groups in total. The van der Waals surface area contributed by atoms with Crippen molar-refractivity contribution in [3.05, 3.63) is 9.94 Å². The van der Waals surface area contributed by atoms with Gasteiger partial charge in [-0.3, -0.25) is 4.79 Å². The molecule has 0 aromatic heterocycles. The topological polar surface area (TPSA) is 17.1 Å². The van der Waals surface area contributed by atoms with E-state index in [1.165, 1.54) is 11.8 Å². The van der Waals surface area contributed by atoms with Gasteiger partial charge in [0, 0.05) is 5.57 Å². The number of thioether (sulfide) groups is 1. The first-order chi connectivity index (χ1) is 4.09. The standard InChI is InChI=1S/C5H6Cl2OS/c1-3(4(6)8)5(7)9-2/h1-2H3/b5-3-. The lowest BCUT2D eigenvalue weighted by Crippen LogP contribution is -1.87. The van der Waals surface area contributed by atoms with Crippen LogP contribution in [0.3, 0.4) is 0 Å². The second-order valence-electron chi connectivity index (χ2n) is 1.38. The van der Waals surface area contributed by atoms with E-state index in [4.69, 9.17) is 23.2 Å². The first-order valence-corrected chi connectivity index (χ1v) is 4.18. The fourth-order valence-corrected chi connectivity index (χ4v) is 0.914. The summed E-state index contributed by atoms with van der Waals surface area (Å²) in [6.45, 7) is 1.59. The molecule has 0 aliphatic rings. The summed E-state index contributed by atoms with van der Waals surface area (Å²) in [6, 6.07) is 0. The molecule has 0 aliphatic carbocycles. The van der Waals surface area contributed by atoms with Gasteiger partial charge in [-0.05, 0) is 24.8 Å². The summed E-state index contributed by atoms with van der Waals surface area (Å²) in [5.41, 5.74) is 0.408. The molecule has 0 amide bonds. The SMILES string of the molecule is CS/C(Cl)=C(/C)C(=O)Cl. The summed E-state index contributed by atoms with van der Waals surface area (Å²) >= 11 is 12.0. The van der Waals surface area contributed by atoms with E-state index in [2.05, 4.69) is 0 Å². The van der Waals surface area contributed by atoms with E-state index in [9.17, 15) is 4.79 Å². The monoisotopic (exact) mass is 184 g/mol. The van der Waals surface area contributed by atoms with Crippen LogP contribution in [0.4, 0.5) is 0 Å². The maximum Gasteiger partial charge on any atom is 0.250 e. The number of hydrogen-bond acceptors (Lipinski definition) is 2. The Kier molecular flexibility index (Phi) is 4.36. The van der Waals surface area contributed by atoms with Crippen LogP contribution >= 0.6 is 35.0 Å². The Balaban J connectivity index is 4.28. The van der Waals surface area contributed by atoms with Gasteiger partial charge in [-0.2, -0.15) is 0 Å². The molecule has 9 heavy (non-hydrogen) atoms. The van der Waals surface area contributed by atoms with E-state index in [1.54, 1.807) is 13.2 Å². The van der Waals surface area contributed by atoms with Gasteiger partial charge >= 0.3 is 0 Å². The summed E-state index contributed by atoms with van der Waals surface area (Å²) in [5.74, 6) is 0. The molecule has 0 fully saturated rings. The highest BCUT2D eigenvalue weighted by Gasteiger charge is 2.03. The molecule has 1 nitrogen and oxygen atoms in total. The van der Waals surface area contributed by atoms with E-state index < -0.39 is 5.24 Å². The first-order valence-electron chi connectivity index (χ1n) is 2.19. The van der Waals surface area contributed by atoms with Crippen molar-refractivity contribution in [1.82, 2.24) is 0 Å². The Hall–Kier alpha value is 0.340. The van der Waals surface area contributed by atoms with Crippen LogP contribution < -0.4 is 0 Å². The highest BCUT2D eigenvalue weighted by Crippen LogP contribution is 2.21. The lowest BCUT2D eigenvalue weighted by molar-refractivity contribution is -0.108. The van der Waals surface area contributed by atoms with Crippen LogP contribution in [0.2, 0.25) is 0 Å². The van der Waals surface area contributed by atoms with Gasteiger partial charge in [0.15, 0.2) is 0 Å². The van der Waals surface area contributed by atoms with Crippen molar-refractivity contribution in [2.45, 2.75) is 6.92 Å². The molecule has 0 atom stereocenters. The number of halogens is 2. The molecule has 0 rings (SSSR count). The molecule has 4 heteroatoms. The molecule has 0 radical (unpaired) electrons. The zero-order chi connectivity index (χ0) is 7.44. The third-order valence-electron chi connectivity index (χ3n) is 0.769. The molecular weight excluding hydrogens is 179 g/mol. The van der Waals surface area contributed by atoms with Gasteiger partial charge in [-0.1, -0.05) is 11.6 Å². The van der Waals surface area contributed by atoms with Crippen LogP contribution in [-0.4, -0.2) is 11.5 Å². The van der Waals surface area contributed by atoms with Gasteiger partial charge in [-0.15, -0.1) is 11.8 Å². The van der Waals surface area contributed by atoms with Crippen LogP contribution in [0.1, 0.15) is 6.92 Å². The van der Waals surface area contributed by atoms with Gasteiger partial charge in [0.25, 0.3) is 0 Å². The summed E-state index contributed by atoms with van der Waals surface area (Å²) in [7, 11) is 0. The average Bonchev–Trinajstić information content (AvgIpc) is 1.84. The Labute approximate surface area is 68.4 Å². The predicted molar refractivity (Wildman–Crippen MR) is 42.9 cm³/mol. The normalized spacial score (nSPS) is 12.9. The smallest absolute Gasteiger partial charge is 0.250 e.